The van der Waals surface area contributed by atoms with Crippen molar-refractivity contribution in [3.8, 4) is 5.69 Å². The first-order valence-corrected chi connectivity index (χ1v) is 7.72. The number of amides is 1. The first kappa shape index (κ1) is 14.8. The third kappa shape index (κ3) is 2.90. The molecule has 0 saturated carbocycles. The van der Waals surface area contributed by atoms with Crippen molar-refractivity contribution < 1.29 is 9.90 Å². The monoisotopic (exact) mass is 299 g/mol. The first-order chi connectivity index (χ1) is 10.7. The number of carbonyl (C=O) groups excluding carboxylic acids is 1. The quantitative estimate of drug-likeness (QED) is 0.944. The molecule has 0 radical (unpaired) electrons. The van der Waals surface area contributed by atoms with Gasteiger partial charge in [-0.3, -0.25) is 9.36 Å². The van der Waals surface area contributed by atoms with E-state index in [1.807, 2.05) is 39.8 Å². The van der Waals surface area contributed by atoms with Crippen molar-refractivity contribution in [3.63, 3.8) is 0 Å². The highest BCUT2D eigenvalue weighted by Crippen LogP contribution is 2.22. The minimum absolute atomic E-state index is 0.0216. The molecule has 1 fully saturated rings. The van der Waals surface area contributed by atoms with Gasteiger partial charge in [-0.15, -0.1) is 0 Å². The second-order valence-corrected chi connectivity index (χ2v) is 5.88. The molecule has 22 heavy (non-hydrogen) atoms. The number of piperidine rings is 1. The number of carbonyl (C=O) groups is 1. The number of para-hydroxylation sites is 1. The Labute approximate surface area is 130 Å². The molecule has 1 aliphatic rings. The number of likely N-dealkylation sites (tertiary alicyclic amines) is 1. The summed E-state index contributed by atoms with van der Waals surface area (Å²) in [6.45, 7) is 3.14. The summed E-state index contributed by atoms with van der Waals surface area (Å²) >= 11 is 0. The lowest BCUT2D eigenvalue weighted by Gasteiger charge is -2.34. The van der Waals surface area contributed by atoms with Gasteiger partial charge >= 0.3 is 0 Å². The number of imidazole rings is 1. The fraction of sp³-hybridized carbons (Fsp3) is 0.412. The third-order valence-electron chi connectivity index (χ3n) is 4.32. The van der Waals surface area contributed by atoms with Crippen molar-refractivity contribution in [1.29, 1.82) is 0 Å². The van der Waals surface area contributed by atoms with Crippen LogP contribution in [0.2, 0.25) is 0 Å². The van der Waals surface area contributed by atoms with Gasteiger partial charge < -0.3 is 10.0 Å². The van der Waals surface area contributed by atoms with Gasteiger partial charge in [0.1, 0.15) is 5.69 Å². The van der Waals surface area contributed by atoms with Crippen LogP contribution in [0.1, 0.15) is 30.3 Å². The number of nitrogens with zero attached hydrogens (tertiary/aromatic N) is 3. The Morgan fingerprint density at radius 3 is 2.86 bits per heavy atom. The zero-order valence-corrected chi connectivity index (χ0v) is 12.7. The molecule has 2 aromatic rings. The van der Waals surface area contributed by atoms with E-state index >= 15 is 0 Å². The zero-order chi connectivity index (χ0) is 15.5. The van der Waals surface area contributed by atoms with E-state index in [0.29, 0.717) is 12.2 Å². The number of aliphatic hydroxyl groups is 1. The van der Waals surface area contributed by atoms with Gasteiger partial charge in [0.25, 0.3) is 5.91 Å². The van der Waals surface area contributed by atoms with Crippen LogP contribution < -0.4 is 0 Å². The van der Waals surface area contributed by atoms with Gasteiger partial charge in [-0.05, 0) is 31.9 Å². The molecule has 5 heteroatoms. The fourth-order valence-corrected chi connectivity index (χ4v) is 3.00. The van der Waals surface area contributed by atoms with Crippen LogP contribution >= 0.6 is 0 Å². The van der Waals surface area contributed by atoms with E-state index in [2.05, 4.69) is 4.98 Å². The lowest BCUT2D eigenvalue weighted by atomic mass is 9.93. The predicted molar refractivity (Wildman–Crippen MR) is 83.9 cm³/mol. The van der Waals surface area contributed by atoms with E-state index in [0.717, 1.165) is 25.1 Å². The zero-order valence-electron chi connectivity index (χ0n) is 12.7. The predicted octanol–water partition coefficient (Wildman–Crippen LogP) is 2.11. The van der Waals surface area contributed by atoms with Crippen LogP contribution in [0.4, 0.5) is 0 Å². The molecule has 1 saturated heterocycles. The van der Waals surface area contributed by atoms with Gasteiger partial charge in [0, 0.05) is 24.7 Å². The minimum atomic E-state index is -0.380. The fourth-order valence-electron chi connectivity index (χ4n) is 3.00. The summed E-state index contributed by atoms with van der Waals surface area (Å²) in [5.41, 5.74) is 1.49. The van der Waals surface area contributed by atoms with Crippen LogP contribution in [0.5, 0.6) is 0 Å². The minimum Gasteiger partial charge on any atom is -0.393 e. The van der Waals surface area contributed by atoms with Gasteiger partial charge in [0.05, 0.1) is 18.6 Å². The summed E-state index contributed by atoms with van der Waals surface area (Å²) in [5.74, 6) is 0.137. The van der Waals surface area contributed by atoms with Crippen LogP contribution in [0.15, 0.2) is 42.9 Å². The standard InChI is InChI=1S/C17H21N3O2/c1-13(21)14-6-5-9-19(11-14)17(22)16-10-18-12-20(16)15-7-3-2-4-8-15/h2-4,7-8,10,12-14,21H,5-6,9,11H2,1H3. The first-order valence-electron chi connectivity index (χ1n) is 7.72. The molecule has 1 aromatic heterocycles. The highest BCUT2D eigenvalue weighted by molar-refractivity contribution is 5.93. The summed E-state index contributed by atoms with van der Waals surface area (Å²) in [7, 11) is 0. The number of benzene rings is 1. The second-order valence-electron chi connectivity index (χ2n) is 5.88. The van der Waals surface area contributed by atoms with Crippen molar-refractivity contribution in [2.24, 2.45) is 5.92 Å². The molecular formula is C17H21N3O2. The maximum atomic E-state index is 12.8. The Bertz CT molecular complexity index is 636. The highest BCUT2D eigenvalue weighted by Gasteiger charge is 2.28. The largest absolute Gasteiger partial charge is 0.393 e. The molecule has 0 spiro atoms. The van der Waals surface area contributed by atoms with Gasteiger partial charge in [-0.25, -0.2) is 4.98 Å². The van der Waals surface area contributed by atoms with Crippen LogP contribution in [0, 0.1) is 5.92 Å². The van der Waals surface area contributed by atoms with Crippen molar-refractivity contribution in [3.05, 3.63) is 48.5 Å². The average Bonchev–Trinajstić information content (AvgIpc) is 3.04. The molecule has 0 bridgehead atoms. The van der Waals surface area contributed by atoms with E-state index in [-0.39, 0.29) is 17.9 Å². The number of hydrogen-bond donors (Lipinski definition) is 1. The van der Waals surface area contributed by atoms with Crippen molar-refractivity contribution in [2.45, 2.75) is 25.9 Å². The Morgan fingerprint density at radius 1 is 1.36 bits per heavy atom. The van der Waals surface area contributed by atoms with Crippen LogP contribution in [-0.4, -0.2) is 44.7 Å². The Hall–Kier alpha value is -2.14. The van der Waals surface area contributed by atoms with Crippen molar-refractivity contribution in [2.75, 3.05) is 13.1 Å². The number of aliphatic hydroxyl groups excluding tert-OH is 1. The average molecular weight is 299 g/mol. The Kier molecular flexibility index (Phi) is 4.24. The maximum Gasteiger partial charge on any atom is 0.272 e. The molecule has 1 N–H and O–H groups in total. The second kappa shape index (κ2) is 6.32. The smallest absolute Gasteiger partial charge is 0.272 e. The summed E-state index contributed by atoms with van der Waals surface area (Å²) in [5, 5.41) is 9.78. The maximum absolute atomic E-state index is 12.8. The van der Waals surface area contributed by atoms with Crippen molar-refractivity contribution >= 4 is 5.91 Å². The van der Waals surface area contributed by atoms with Crippen LogP contribution in [0.25, 0.3) is 5.69 Å². The Balaban J connectivity index is 1.83. The van der Waals surface area contributed by atoms with E-state index < -0.39 is 0 Å². The molecule has 1 amide bonds. The highest BCUT2D eigenvalue weighted by atomic mass is 16.3. The summed E-state index contributed by atoms with van der Waals surface area (Å²) in [4.78, 5) is 18.8. The van der Waals surface area contributed by atoms with E-state index in [4.69, 9.17) is 0 Å². The molecule has 1 aromatic carbocycles. The normalized spacial score (nSPS) is 19.9. The van der Waals surface area contributed by atoms with Crippen LogP contribution in [0.3, 0.4) is 0 Å². The van der Waals surface area contributed by atoms with E-state index in [1.165, 1.54) is 0 Å². The topological polar surface area (TPSA) is 58.4 Å². The lowest BCUT2D eigenvalue weighted by Crippen LogP contribution is -2.43. The van der Waals surface area contributed by atoms with E-state index in [1.54, 1.807) is 19.4 Å². The molecule has 0 aliphatic carbocycles. The van der Waals surface area contributed by atoms with Gasteiger partial charge in [0.15, 0.2) is 0 Å². The summed E-state index contributed by atoms with van der Waals surface area (Å²) in [6, 6.07) is 9.72. The molecule has 116 valence electrons. The van der Waals surface area contributed by atoms with Crippen LogP contribution in [-0.2, 0) is 0 Å². The number of rotatable bonds is 3. The molecule has 2 unspecified atom stereocenters. The SMILES string of the molecule is CC(O)C1CCCN(C(=O)c2cncn2-c2ccccc2)C1. The Morgan fingerprint density at radius 2 is 2.14 bits per heavy atom. The molecule has 1 aliphatic heterocycles. The number of hydrogen-bond acceptors (Lipinski definition) is 3. The lowest BCUT2D eigenvalue weighted by molar-refractivity contribution is 0.0460. The van der Waals surface area contributed by atoms with Gasteiger partial charge in [0.2, 0.25) is 0 Å². The summed E-state index contributed by atoms with van der Waals surface area (Å²) < 4.78 is 1.81. The van der Waals surface area contributed by atoms with Gasteiger partial charge in [-0.2, -0.15) is 0 Å². The van der Waals surface area contributed by atoms with Gasteiger partial charge in [-0.1, -0.05) is 18.2 Å². The molecule has 2 heterocycles. The molecule has 3 rings (SSSR count). The van der Waals surface area contributed by atoms with Crippen molar-refractivity contribution in [1.82, 2.24) is 14.5 Å². The third-order valence-corrected chi connectivity index (χ3v) is 4.32. The number of aromatic nitrogens is 2. The van der Waals surface area contributed by atoms with E-state index in [9.17, 15) is 9.90 Å². The molecule has 2 atom stereocenters. The molecular weight excluding hydrogens is 278 g/mol. The summed E-state index contributed by atoms with van der Waals surface area (Å²) in [6.07, 6.45) is 4.80. The molecule has 5 nitrogen and oxygen atoms in total.